The highest BCUT2D eigenvalue weighted by Crippen LogP contribution is 2.23. The molecule has 0 heterocycles. The molecule has 1 aromatic rings. The first-order valence-corrected chi connectivity index (χ1v) is 7.37. The molecule has 2 atom stereocenters. The third-order valence-corrected chi connectivity index (χ3v) is 3.32. The second-order valence-electron chi connectivity index (χ2n) is 5.30. The van der Waals surface area contributed by atoms with Crippen molar-refractivity contribution >= 4 is 0 Å². The van der Waals surface area contributed by atoms with Gasteiger partial charge in [0, 0.05) is 18.5 Å². The monoisotopic (exact) mass is 303 g/mol. The van der Waals surface area contributed by atoms with Crippen LogP contribution in [0.2, 0.25) is 0 Å². The number of hydrogen-bond acceptors (Lipinski definition) is 2. The molecule has 1 N–H and O–H groups in total. The Labute approximate surface area is 124 Å². The third-order valence-electron chi connectivity index (χ3n) is 3.32. The summed E-state index contributed by atoms with van der Waals surface area (Å²) in [5.74, 6) is 0.826. The van der Waals surface area contributed by atoms with E-state index in [1.54, 1.807) is 0 Å². The molecule has 0 aromatic heterocycles. The summed E-state index contributed by atoms with van der Waals surface area (Å²) in [4.78, 5) is 0. The molecular weight excluding hydrogens is 279 g/mol. The highest BCUT2D eigenvalue weighted by atomic mass is 19.4. The molecule has 1 aromatic carbocycles. The smallest absolute Gasteiger partial charge is 0.389 e. The van der Waals surface area contributed by atoms with Crippen LogP contribution in [-0.2, 0) is 0 Å². The van der Waals surface area contributed by atoms with Crippen LogP contribution in [0.5, 0.6) is 5.75 Å². The molecule has 0 spiro atoms. The molecule has 0 radical (unpaired) electrons. The lowest BCUT2D eigenvalue weighted by atomic mass is 10.1. The van der Waals surface area contributed by atoms with Crippen LogP contribution in [0.4, 0.5) is 13.2 Å². The average Bonchev–Trinajstić information content (AvgIpc) is 2.38. The first kappa shape index (κ1) is 17.8. The van der Waals surface area contributed by atoms with E-state index in [0.717, 1.165) is 11.3 Å². The van der Waals surface area contributed by atoms with Crippen LogP contribution >= 0.6 is 0 Å². The minimum atomic E-state index is -4.06. The number of ether oxygens (including phenoxy) is 1. The van der Waals surface area contributed by atoms with Crippen molar-refractivity contribution in [2.75, 3.05) is 6.61 Å². The Kier molecular flexibility index (Phi) is 7.02. The second kappa shape index (κ2) is 8.27. The van der Waals surface area contributed by atoms with Gasteiger partial charge in [0.25, 0.3) is 0 Å². The lowest BCUT2D eigenvalue weighted by Gasteiger charge is -2.21. The number of halogens is 3. The predicted molar refractivity (Wildman–Crippen MR) is 78.5 cm³/mol. The van der Waals surface area contributed by atoms with Crippen molar-refractivity contribution in [2.24, 2.45) is 0 Å². The van der Waals surface area contributed by atoms with Crippen molar-refractivity contribution < 1.29 is 17.9 Å². The van der Waals surface area contributed by atoms with E-state index in [0.29, 0.717) is 13.0 Å². The number of hydrogen-bond donors (Lipinski definition) is 1. The largest absolute Gasteiger partial charge is 0.494 e. The Morgan fingerprint density at radius 2 is 1.76 bits per heavy atom. The first-order valence-electron chi connectivity index (χ1n) is 7.37. The Balaban J connectivity index is 2.39. The molecule has 0 saturated heterocycles. The summed E-state index contributed by atoms with van der Waals surface area (Å²) in [5.41, 5.74) is 1.10. The molecular formula is C16H24F3NO. The molecule has 120 valence electrons. The van der Waals surface area contributed by atoms with E-state index in [2.05, 4.69) is 5.32 Å². The molecule has 1 rings (SSSR count). The lowest BCUT2D eigenvalue weighted by molar-refractivity contribution is -0.135. The Morgan fingerprint density at radius 3 is 2.29 bits per heavy atom. The Hall–Kier alpha value is -1.23. The molecule has 21 heavy (non-hydrogen) atoms. The zero-order valence-electron chi connectivity index (χ0n) is 12.8. The summed E-state index contributed by atoms with van der Waals surface area (Å²) < 4.78 is 41.7. The van der Waals surface area contributed by atoms with Gasteiger partial charge in [0.1, 0.15) is 5.75 Å². The SMILES string of the molecule is CCOc1ccc(C(C)NC(C)CCCC(F)(F)F)cc1. The van der Waals surface area contributed by atoms with E-state index in [9.17, 15) is 13.2 Å². The molecule has 0 fully saturated rings. The van der Waals surface area contributed by atoms with Gasteiger partial charge in [0.05, 0.1) is 6.61 Å². The van der Waals surface area contributed by atoms with Gasteiger partial charge in [-0.05, 0) is 51.3 Å². The molecule has 0 bridgehead atoms. The molecule has 5 heteroatoms. The first-order chi connectivity index (χ1) is 9.81. The van der Waals surface area contributed by atoms with Gasteiger partial charge in [-0.15, -0.1) is 0 Å². The van der Waals surface area contributed by atoms with Gasteiger partial charge in [0.2, 0.25) is 0 Å². The molecule has 2 unspecified atom stereocenters. The van der Waals surface area contributed by atoms with E-state index in [1.165, 1.54) is 0 Å². The summed E-state index contributed by atoms with van der Waals surface area (Å²) >= 11 is 0. The zero-order valence-corrected chi connectivity index (χ0v) is 12.8. The van der Waals surface area contributed by atoms with Gasteiger partial charge in [0.15, 0.2) is 0 Å². The van der Waals surface area contributed by atoms with Crippen LogP contribution in [0.25, 0.3) is 0 Å². The maximum atomic E-state index is 12.1. The Bertz CT molecular complexity index is 403. The molecule has 0 saturated carbocycles. The topological polar surface area (TPSA) is 21.3 Å². The summed E-state index contributed by atoms with van der Waals surface area (Å²) in [6.07, 6.45) is -4.09. The van der Waals surface area contributed by atoms with Crippen molar-refractivity contribution in [3.8, 4) is 5.75 Å². The van der Waals surface area contributed by atoms with Crippen molar-refractivity contribution in [2.45, 2.75) is 58.3 Å². The summed E-state index contributed by atoms with van der Waals surface area (Å²) in [6.45, 7) is 6.49. The molecule has 0 aliphatic heterocycles. The number of alkyl halides is 3. The highest BCUT2D eigenvalue weighted by molar-refractivity contribution is 5.28. The van der Waals surface area contributed by atoms with Crippen LogP contribution in [0, 0.1) is 0 Å². The van der Waals surface area contributed by atoms with Crippen molar-refractivity contribution in [1.29, 1.82) is 0 Å². The average molecular weight is 303 g/mol. The molecule has 2 nitrogen and oxygen atoms in total. The van der Waals surface area contributed by atoms with Crippen LogP contribution < -0.4 is 10.1 Å². The second-order valence-corrected chi connectivity index (χ2v) is 5.30. The van der Waals surface area contributed by atoms with E-state index in [1.807, 2.05) is 45.0 Å². The van der Waals surface area contributed by atoms with Crippen LogP contribution in [0.1, 0.15) is 51.6 Å². The van der Waals surface area contributed by atoms with Crippen LogP contribution in [0.15, 0.2) is 24.3 Å². The standard InChI is InChI=1S/C16H24F3NO/c1-4-21-15-9-7-14(8-10-15)13(3)20-12(2)6-5-11-16(17,18)19/h7-10,12-13,20H,4-6,11H2,1-3H3. The van der Waals surface area contributed by atoms with Crippen molar-refractivity contribution in [3.05, 3.63) is 29.8 Å². The zero-order chi connectivity index (χ0) is 15.9. The minimum absolute atomic E-state index is 0.0499. The highest BCUT2D eigenvalue weighted by Gasteiger charge is 2.26. The van der Waals surface area contributed by atoms with Gasteiger partial charge in [-0.2, -0.15) is 13.2 Å². The van der Waals surface area contributed by atoms with Crippen LogP contribution in [-0.4, -0.2) is 18.8 Å². The molecule has 0 aliphatic rings. The van der Waals surface area contributed by atoms with Gasteiger partial charge < -0.3 is 10.1 Å². The predicted octanol–water partition coefficient (Wildman–Crippen LogP) is 4.86. The fraction of sp³-hybridized carbons (Fsp3) is 0.625. The maximum Gasteiger partial charge on any atom is 0.389 e. The van der Waals surface area contributed by atoms with Crippen molar-refractivity contribution in [3.63, 3.8) is 0 Å². The third kappa shape index (κ3) is 7.37. The lowest BCUT2D eigenvalue weighted by Crippen LogP contribution is -2.29. The maximum absolute atomic E-state index is 12.1. The van der Waals surface area contributed by atoms with E-state index >= 15 is 0 Å². The van der Waals surface area contributed by atoms with E-state index in [-0.39, 0.29) is 18.5 Å². The van der Waals surface area contributed by atoms with Gasteiger partial charge >= 0.3 is 6.18 Å². The summed E-state index contributed by atoms with van der Waals surface area (Å²) in [6, 6.07) is 7.92. The fourth-order valence-corrected chi connectivity index (χ4v) is 2.23. The van der Waals surface area contributed by atoms with Gasteiger partial charge in [-0.3, -0.25) is 0 Å². The molecule has 0 amide bonds. The summed E-state index contributed by atoms with van der Waals surface area (Å²) in [7, 11) is 0. The van der Waals surface area contributed by atoms with Gasteiger partial charge in [-0.25, -0.2) is 0 Å². The minimum Gasteiger partial charge on any atom is -0.494 e. The number of nitrogens with one attached hydrogen (secondary N) is 1. The molecule has 0 aliphatic carbocycles. The Morgan fingerprint density at radius 1 is 1.14 bits per heavy atom. The van der Waals surface area contributed by atoms with E-state index < -0.39 is 12.6 Å². The van der Waals surface area contributed by atoms with Gasteiger partial charge in [-0.1, -0.05) is 12.1 Å². The van der Waals surface area contributed by atoms with Crippen molar-refractivity contribution in [1.82, 2.24) is 5.32 Å². The fourth-order valence-electron chi connectivity index (χ4n) is 2.23. The number of benzene rings is 1. The summed E-state index contributed by atoms with van der Waals surface area (Å²) in [5, 5.41) is 3.33. The normalized spacial score (nSPS) is 14.8. The number of rotatable bonds is 8. The van der Waals surface area contributed by atoms with Crippen LogP contribution in [0.3, 0.4) is 0 Å². The quantitative estimate of drug-likeness (QED) is 0.740. The van der Waals surface area contributed by atoms with E-state index in [4.69, 9.17) is 4.74 Å².